The molecule has 0 aliphatic heterocycles. The number of nitrogens with one attached hydrogen (secondary N) is 2. The lowest BCUT2D eigenvalue weighted by atomic mass is 10.2. The van der Waals surface area contributed by atoms with Crippen molar-refractivity contribution in [2.45, 2.75) is 6.92 Å². The quantitative estimate of drug-likeness (QED) is 0.757. The highest BCUT2D eigenvalue weighted by molar-refractivity contribution is 9.10. The molecule has 2 N–H and O–H groups in total. The lowest BCUT2D eigenvalue weighted by molar-refractivity contribution is 0.0948. The number of amides is 2. The zero-order valence-electron chi connectivity index (χ0n) is 13.6. The van der Waals surface area contributed by atoms with Crippen LogP contribution in [0.1, 0.15) is 27.8 Å². The van der Waals surface area contributed by atoms with Gasteiger partial charge in [-0.1, -0.05) is 13.0 Å². The molecule has 0 saturated carbocycles. The number of hydrogen-bond acceptors (Lipinski definition) is 4. The molecular weight excluding hydrogens is 374 g/mol. The van der Waals surface area contributed by atoms with Gasteiger partial charge >= 0.3 is 0 Å². The Labute approximate surface area is 149 Å². The van der Waals surface area contributed by atoms with Crippen LogP contribution in [0.2, 0.25) is 0 Å². The summed E-state index contributed by atoms with van der Waals surface area (Å²) in [5.74, 6) is -0.349. The first-order chi connectivity index (χ1) is 11.5. The van der Waals surface area contributed by atoms with Gasteiger partial charge in [0.05, 0.1) is 0 Å². The van der Waals surface area contributed by atoms with Gasteiger partial charge in [0.2, 0.25) is 0 Å². The molecule has 0 aliphatic rings. The van der Waals surface area contributed by atoms with Crippen molar-refractivity contribution in [3.8, 4) is 0 Å². The Kier molecular flexibility index (Phi) is 6.57. The van der Waals surface area contributed by atoms with E-state index in [9.17, 15) is 9.59 Å². The summed E-state index contributed by atoms with van der Waals surface area (Å²) >= 11 is 3.15. The maximum atomic E-state index is 12.2. The highest BCUT2D eigenvalue weighted by atomic mass is 79.9. The summed E-state index contributed by atoms with van der Waals surface area (Å²) in [5.41, 5.74) is 1.03. The van der Waals surface area contributed by atoms with Crippen LogP contribution >= 0.6 is 15.9 Å². The number of benzene rings is 1. The number of carbonyl (C=O) groups excluding carboxylic acids is 2. The van der Waals surface area contributed by atoms with Crippen molar-refractivity contribution in [2.24, 2.45) is 0 Å². The maximum Gasteiger partial charge on any atom is 0.291 e. The van der Waals surface area contributed by atoms with Crippen molar-refractivity contribution in [2.75, 3.05) is 32.0 Å². The minimum atomic E-state index is -0.372. The van der Waals surface area contributed by atoms with Crippen LogP contribution in [0.3, 0.4) is 0 Å². The van der Waals surface area contributed by atoms with Crippen molar-refractivity contribution in [1.29, 1.82) is 0 Å². The van der Waals surface area contributed by atoms with E-state index < -0.39 is 0 Å². The fourth-order valence-electron chi connectivity index (χ4n) is 1.99. The topological polar surface area (TPSA) is 74.6 Å². The Morgan fingerprint density at radius 2 is 2.00 bits per heavy atom. The van der Waals surface area contributed by atoms with E-state index in [1.807, 2.05) is 7.05 Å². The molecule has 6 nitrogen and oxygen atoms in total. The lowest BCUT2D eigenvalue weighted by Gasteiger charge is -2.14. The molecule has 2 amide bonds. The monoisotopic (exact) mass is 393 g/mol. The van der Waals surface area contributed by atoms with E-state index in [0.717, 1.165) is 13.1 Å². The summed E-state index contributed by atoms with van der Waals surface area (Å²) in [6.45, 7) is 4.35. The van der Waals surface area contributed by atoms with Gasteiger partial charge < -0.3 is 20.0 Å². The molecule has 0 spiro atoms. The molecule has 1 aromatic carbocycles. The summed E-state index contributed by atoms with van der Waals surface area (Å²) < 4.78 is 5.69. The van der Waals surface area contributed by atoms with Gasteiger partial charge in [-0.15, -0.1) is 0 Å². The number of hydrogen-bond donors (Lipinski definition) is 2. The predicted molar refractivity (Wildman–Crippen MR) is 96.3 cm³/mol. The molecule has 0 saturated heterocycles. The third kappa shape index (κ3) is 5.21. The van der Waals surface area contributed by atoms with Gasteiger partial charge in [0.25, 0.3) is 11.8 Å². The molecule has 2 rings (SSSR count). The Morgan fingerprint density at radius 3 is 2.67 bits per heavy atom. The average Bonchev–Trinajstić information content (AvgIpc) is 3.01. The van der Waals surface area contributed by atoms with E-state index in [1.165, 1.54) is 0 Å². The number of nitrogens with zero attached hydrogens (tertiary/aromatic N) is 1. The summed E-state index contributed by atoms with van der Waals surface area (Å²) in [7, 11) is 2.00. The van der Waals surface area contributed by atoms with Crippen molar-refractivity contribution in [3.05, 3.63) is 52.4 Å². The molecule has 1 heterocycles. The van der Waals surface area contributed by atoms with Gasteiger partial charge in [0.15, 0.2) is 10.4 Å². The first-order valence-electron chi connectivity index (χ1n) is 7.63. The highest BCUT2D eigenvalue weighted by Gasteiger charge is 2.12. The Morgan fingerprint density at radius 1 is 1.21 bits per heavy atom. The summed E-state index contributed by atoms with van der Waals surface area (Å²) in [6, 6.07) is 10.00. The van der Waals surface area contributed by atoms with Gasteiger partial charge in [-0.25, -0.2) is 0 Å². The van der Waals surface area contributed by atoms with Crippen LogP contribution in [0.25, 0.3) is 0 Å². The minimum Gasteiger partial charge on any atom is -0.444 e. The smallest absolute Gasteiger partial charge is 0.291 e. The Bertz CT molecular complexity index is 715. The third-order valence-electron chi connectivity index (χ3n) is 3.50. The molecule has 24 heavy (non-hydrogen) atoms. The molecule has 7 heteroatoms. The second-order valence-corrected chi connectivity index (χ2v) is 6.07. The van der Waals surface area contributed by atoms with Gasteiger partial charge in [-0.3, -0.25) is 9.59 Å². The molecule has 0 radical (unpaired) electrons. The molecule has 0 aliphatic carbocycles. The van der Waals surface area contributed by atoms with E-state index in [1.54, 1.807) is 36.4 Å². The van der Waals surface area contributed by atoms with Crippen LogP contribution < -0.4 is 10.6 Å². The van der Waals surface area contributed by atoms with E-state index in [0.29, 0.717) is 22.5 Å². The van der Waals surface area contributed by atoms with Crippen LogP contribution in [0.15, 0.2) is 45.5 Å². The second-order valence-electron chi connectivity index (χ2n) is 5.29. The molecule has 0 bridgehead atoms. The van der Waals surface area contributed by atoms with Crippen molar-refractivity contribution in [3.63, 3.8) is 0 Å². The predicted octanol–water partition coefficient (Wildman–Crippen LogP) is 2.98. The highest BCUT2D eigenvalue weighted by Crippen LogP contribution is 2.16. The zero-order chi connectivity index (χ0) is 17.5. The molecular formula is C17H20BrN3O3. The summed E-state index contributed by atoms with van der Waals surface area (Å²) in [6.07, 6.45) is 0. The first kappa shape index (κ1) is 18.2. The fraction of sp³-hybridized carbons (Fsp3) is 0.294. The third-order valence-corrected chi connectivity index (χ3v) is 3.92. The normalized spacial score (nSPS) is 10.7. The molecule has 0 atom stereocenters. The van der Waals surface area contributed by atoms with E-state index in [2.05, 4.69) is 38.4 Å². The van der Waals surface area contributed by atoms with Gasteiger partial charge in [-0.2, -0.15) is 0 Å². The molecule has 2 aromatic rings. The van der Waals surface area contributed by atoms with Crippen LogP contribution in [0, 0.1) is 0 Å². The van der Waals surface area contributed by atoms with Gasteiger partial charge in [0, 0.05) is 24.3 Å². The average molecular weight is 394 g/mol. The standard InChI is InChI=1S/C17H20BrN3O3/c1-3-21(2)10-9-19-16(22)12-5-4-6-13(11-12)20-17(23)14-7-8-15(18)24-14/h4-8,11H,3,9-10H2,1-2H3,(H,19,22)(H,20,23). The van der Waals surface area contributed by atoms with Crippen molar-refractivity contribution >= 4 is 33.4 Å². The molecule has 0 unspecified atom stereocenters. The van der Waals surface area contributed by atoms with Crippen LogP contribution in [0.4, 0.5) is 5.69 Å². The number of rotatable bonds is 7. The molecule has 1 aromatic heterocycles. The van der Waals surface area contributed by atoms with Gasteiger partial charge in [-0.05, 0) is 59.9 Å². The van der Waals surface area contributed by atoms with Crippen molar-refractivity contribution in [1.82, 2.24) is 10.2 Å². The van der Waals surface area contributed by atoms with Crippen LogP contribution in [-0.2, 0) is 0 Å². The maximum absolute atomic E-state index is 12.2. The molecule has 128 valence electrons. The number of halogens is 1. The van der Waals surface area contributed by atoms with Crippen LogP contribution in [0.5, 0.6) is 0 Å². The van der Waals surface area contributed by atoms with Crippen molar-refractivity contribution < 1.29 is 14.0 Å². The van der Waals surface area contributed by atoms with Gasteiger partial charge in [0.1, 0.15) is 0 Å². The largest absolute Gasteiger partial charge is 0.444 e. The number of anilines is 1. The fourth-order valence-corrected chi connectivity index (χ4v) is 2.29. The van der Waals surface area contributed by atoms with E-state index in [-0.39, 0.29) is 17.6 Å². The molecule has 0 fully saturated rings. The number of furan rings is 1. The summed E-state index contributed by atoms with van der Waals surface area (Å²) in [4.78, 5) is 26.3. The Balaban J connectivity index is 1.95. The van der Waals surface area contributed by atoms with Crippen LogP contribution in [-0.4, -0.2) is 43.4 Å². The van der Waals surface area contributed by atoms with E-state index >= 15 is 0 Å². The second kappa shape index (κ2) is 8.65. The number of likely N-dealkylation sites (N-methyl/N-ethyl adjacent to an activating group) is 1. The van der Waals surface area contributed by atoms with E-state index in [4.69, 9.17) is 4.42 Å². The SMILES string of the molecule is CCN(C)CCNC(=O)c1cccc(NC(=O)c2ccc(Br)o2)c1. The Hall–Kier alpha value is -2.12. The first-order valence-corrected chi connectivity index (χ1v) is 8.42. The summed E-state index contributed by atoms with van der Waals surface area (Å²) in [5, 5.41) is 5.57. The lowest BCUT2D eigenvalue weighted by Crippen LogP contribution is -2.32. The zero-order valence-corrected chi connectivity index (χ0v) is 15.2. The number of carbonyl (C=O) groups is 2. The minimum absolute atomic E-state index is 0.170.